The molecule has 86 valence electrons. The summed E-state index contributed by atoms with van der Waals surface area (Å²) in [6.45, 7) is 2.26. The van der Waals surface area contributed by atoms with E-state index >= 15 is 0 Å². The molecule has 1 atom stereocenters. The Hall–Kier alpha value is -1.00. The number of thioether (sulfide) groups is 1. The number of fused-ring (bicyclic) bond motifs is 1. The molecule has 0 amide bonds. The van der Waals surface area contributed by atoms with Crippen LogP contribution in [0, 0.1) is 5.92 Å². The molecule has 0 radical (unpaired) electrons. The highest BCUT2D eigenvalue weighted by molar-refractivity contribution is 7.98. The lowest BCUT2D eigenvalue weighted by Gasteiger charge is -2.04. The number of aliphatic hydroxyl groups is 1. The topological polar surface area (TPSA) is 46.3 Å². The van der Waals surface area contributed by atoms with Crippen LogP contribution in [-0.4, -0.2) is 22.5 Å². The first-order valence-electron chi connectivity index (χ1n) is 5.32. The molecule has 0 aliphatic carbocycles. The van der Waals surface area contributed by atoms with Gasteiger partial charge in [-0.05, 0) is 23.8 Å². The van der Waals surface area contributed by atoms with Crippen molar-refractivity contribution in [1.29, 1.82) is 0 Å². The average molecular weight is 237 g/mol. The lowest BCUT2D eigenvalue weighted by Crippen LogP contribution is -2.03. The van der Waals surface area contributed by atoms with E-state index in [0.717, 1.165) is 28.5 Å². The summed E-state index contributed by atoms with van der Waals surface area (Å²) < 4.78 is 5.59. The smallest absolute Gasteiger partial charge is 0.205 e. The zero-order valence-corrected chi connectivity index (χ0v) is 10.0. The molecule has 0 unspecified atom stereocenters. The van der Waals surface area contributed by atoms with Gasteiger partial charge in [-0.2, -0.15) is 11.8 Å². The van der Waals surface area contributed by atoms with Crippen LogP contribution in [0.25, 0.3) is 11.1 Å². The second kappa shape index (κ2) is 5.37. The van der Waals surface area contributed by atoms with E-state index in [0.29, 0.717) is 5.92 Å². The van der Waals surface area contributed by atoms with Gasteiger partial charge in [-0.15, -0.1) is 0 Å². The highest BCUT2D eigenvalue weighted by atomic mass is 32.2. The lowest BCUT2D eigenvalue weighted by atomic mass is 10.2. The molecule has 2 rings (SSSR count). The molecule has 0 saturated heterocycles. The molecule has 0 aliphatic heterocycles. The fourth-order valence-electron chi connectivity index (χ4n) is 1.38. The van der Waals surface area contributed by atoms with Crippen LogP contribution < -0.4 is 0 Å². The third-order valence-corrected chi connectivity index (χ3v) is 3.53. The SMILES string of the molecule is C[C@H](CO)CSCc1nc2ccccc2o1. The van der Waals surface area contributed by atoms with Crippen LogP contribution in [0.4, 0.5) is 0 Å². The van der Waals surface area contributed by atoms with E-state index in [1.54, 1.807) is 11.8 Å². The quantitative estimate of drug-likeness (QED) is 0.868. The Labute approximate surface area is 98.9 Å². The van der Waals surface area contributed by atoms with Gasteiger partial charge in [0.25, 0.3) is 0 Å². The Kier molecular flexibility index (Phi) is 3.85. The van der Waals surface area contributed by atoms with Crippen molar-refractivity contribution in [2.75, 3.05) is 12.4 Å². The zero-order chi connectivity index (χ0) is 11.4. The molecule has 0 fully saturated rings. The maximum absolute atomic E-state index is 8.89. The van der Waals surface area contributed by atoms with Crippen molar-refractivity contribution in [3.63, 3.8) is 0 Å². The van der Waals surface area contributed by atoms with Crippen molar-refractivity contribution in [3.05, 3.63) is 30.2 Å². The Morgan fingerprint density at radius 2 is 2.25 bits per heavy atom. The molecule has 0 bridgehead atoms. The number of aliphatic hydroxyl groups excluding tert-OH is 1. The van der Waals surface area contributed by atoms with E-state index < -0.39 is 0 Å². The maximum atomic E-state index is 8.89. The third kappa shape index (κ3) is 2.77. The van der Waals surface area contributed by atoms with Crippen LogP contribution in [0.1, 0.15) is 12.8 Å². The van der Waals surface area contributed by atoms with Crippen molar-refractivity contribution in [2.45, 2.75) is 12.7 Å². The summed E-state index contributed by atoms with van der Waals surface area (Å²) >= 11 is 1.74. The van der Waals surface area contributed by atoms with Gasteiger partial charge in [0, 0.05) is 6.61 Å². The van der Waals surface area contributed by atoms with E-state index in [1.165, 1.54) is 0 Å². The highest BCUT2D eigenvalue weighted by Gasteiger charge is 2.06. The van der Waals surface area contributed by atoms with Gasteiger partial charge in [0.05, 0.1) is 5.75 Å². The number of para-hydroxylation sites is 2. The molecule has 2 aromatic rings. The maximum Gasteiger partial charge on any atom is 0.205 e. The predicted octanol–water partition coefficient (Wildman–Crippen LogP) is 2.69. The van der Waals surface area contributed by atoms with E-state index in [2.05, 4.69) is 4.98 Å². The first-order valence-corrected chi connectivity index (χ1v) is 6.48. The zero-order valence-electron chi connectivity index (χ0n) is 9.22. The summed E-state index contributed by atoms with van der Waals surface area (Å²) in [5.74, 6) is 2.78. The molecule has 0 aliphatic rings. The monoisotopic (exact) mass is 237 g/mol. The molecule has 1 aromatic heterocycles. The van der Waals surface area contributed by atoms with Gasteiger partial charge < -0.3 is 9.52 Å². The average Bonchev–Trinajstić information content (AvgIpc) is 2.71. The second-order valence-corrected chi connectivity index (χ2v) is 4.91. The molecular weight excluding hydrogens is 222 g/mol. The first-order chi connectivity index (χ1) is 7.79. The number of hydrogen-bond acceptors (Lipinski definition) is 4. The third-order valence-electron chi connectivity index (χ3n) is 2.28. The molecule has 0 saturated carbocycles. The molecular formula is C12H15NO2S. The summed E-state index contributed by atoms with van der Waals surface area (Å²) in [7, 11) is 0. The van der Waals surface area contributed by atoms with Crippen LogP contribution in [0.2, 0.25) is 0 Å². The minimum Gasteiger partial charge on any atom is -0.440 e. The summed E-state index contributed by atoms with van der Waals surface area (Å²) in [4.78, 5) is 4.39. The van der Waals surface area contributed by atoms with E-state index in [-0.39, 0.29) is 6.61 Å². The largest absolute Gasteiger partial charge is 0.440 e. The fourth-order valence-corrected chi connectivity index (χ4v) is 2.31. The molecule has 3 nitrogen and oxygen atoms in total. The number of hydrogen-bond donors (Lipinski definition) is 1. The van der Waals surface area contributed by atoms with E-state index in [1.807, 2.05) is 31.2 Å². The molecule has 4 heteroatoms. The number of aromatic nitrogens is 1. The summed E-state index contributed by atoms with van der Waals surface area (Å²) in [5, 5.41) is 8.89. The summed E-state index contributed by atoms with van der Waals surface area (Å²) in [5.41, 5.74) is 1.75. The number of oxazole rings is 1. The van der Waals surface area contributed by atoms with Crippen molar-refractivity contribution >= 4 is 22.9 Å². The van der Waals surface area contributed by atoms with Crippen molar-refractivity contribution in [3.8, 4) is 0 Å². The van der Waals surface area contributed by atoms with Gasteiger partial charge in [-0.25, -0.2) is 4.98 Å². The summed E-state index contributed by atoms with van der Waals surface area (Å²) in [6.07, 6.45) is 0. The normalized spacial score (nSPS) is 13.1. The number of nitrogens with zero attached hydrogens (tertiary/aromatic N) is 1. The molecule has 0 spiro atoms. The van der Waals surface area contributed by atoms with Crippen molar-refractivity contribution < 1.29 is 9.52 Å². The van der Waals surface area contributed by atoms with Gasteiger partial charge >= 0.3 is 0 Å². The van der Waals surface area contributed by atoms with Crippen LogP contribution in [0.15, 0.2) is 28.7 Å². The Morgan fingerprint density at radius 3 is 3.00 bits per heavy atom. The minimum absolute atomic E-state index is 0.237. The Morgan fingerprint density at radius 1 is 1.44 bits per heavy atom. The second-order valence-electron chi connectivity index (χ2n) is 3.88. The van der Waals surface area contributed by atoms with Crippen molar-refractivity contribution in [1.82, 2.24) is 4.98 Å². The van der Waals surface area contributed by atoms with Crippen LogP contribution >= 0.6 is 11.8 Å². The van der Waals surface area contributed by atoms with Gasteiger partial charge in [0.1, 0.15) is 5.52 Å². The van der Waals surface area contributed by atoms with E-state index in [9.17, 15) is 0 Å². The van der Waals surface area contributed by atoms with Crippen LogP contribution in [0.3, 0.4) is 0 Å². The van der Waals surface area contributed by atoms with Crippen LogP contribution in [-0.2, 0) is 5.75 Å². The van der Waals surface area contributed by atoms with Gasteiger partial charge in [0.2, 0.25) is 5.89 Å². The minimum atomic E-state index is 0.237. The standard InChI is InChI=1S/C12H15NO2S/c1-9(6-14)7-16-8-12-13-10-4-2-3-5-11(10)15-12/h2-5,9,14H,6-8H2,1H3/t9-/m1/s1. The summed E-state index contributed by atoms with van der Waals surface area (Å²) in [6, 6.07) is 7.77. The molecule has 16 heavy (non-hydrogen) atoms. The Bertz CT molecular complexity index is 422. The van der Waals surface area contributed by atoms with Gasteiger partial charge in [-0.3, -0.25) is 0 Å². The van der Waals surface area contributed by atoms with E-state index in [4.69, 9.17) is 9.52 Å². The van der Waals surface area contributed by atoms with Crippen LogP contribution in [0.5, 0.6) is 0 Å². The Balaban J connectivity index is 1.94. The lowest BCUT2D eigenvalue weighted by molar-refractivity contribution is 0.250. The van der Waals surface area contributed by atoms with Gasteiger partial charge in [0.15, 0.2) is 5.58 Å². The first kappa shape index (κ1) is 11.5. The molecule has 1 heterocycles. The molecule has 1 aromatic carbocycles. The molecule has 1 N–H and O–H groups in total. The number of benzene rings is 1. The number of rotatable bonds is 5. The van der Waals surface area contributed by atoms with Gasteiger partial charge in [-0.1, -0.05) is 19.1 Å². The van der Waals surface area contributed by atoms with Crippen molar-refractivity contribution in [2.24, 2.45) is 5.92 Å². The fraction of sp³-hybridized carbons (Fsp3) is 0.417. The highest BCUT2D eigenvalue weighted by Crippen LogP contribution is 2.19. The predicted molar refractivity (Wildman–Crippen MR) is 66.4 cm³/mol.